The summed E-state index contributed by atoms with van der Waals surface area (Å²) in [6.45, 7) is 16.7. The van der Waals surface area contributed by atoms with Crippen molar-refractivity contribution in [1.82, 2.24) is 15.0 Å². The van der Waals surface area contributed by atoms with Gasteiger partial charge in [0.15, 0.2) is 0 Å². The van der Waals surface area contributed by atoms with Crippen LogP contribution in [0.2, 0.25) is 0 Å². The molecule has 10 atom stereocenters. The van der Waals surface area contributed by atoms with Crippen molar-refractivity contribution in [2.24, 2.45) is 56.7 Å². The molecule has 1 heterocycles. The highest BCUT2D eigenvalue weighted by molar-refractivity contribution is 5.86. The van der Waals surface area contributed by atoms with Crippen molar-refractivity contribution in [1.29, 1.82) is 0 Å². The topological polar surface area (TPSA) is 167 Å². The van der Waals surface area contributed by atoms with Gasteiger partial charge < -0.3 is 24.4 Å². The Hall–Kier alpha value is -3.28. The molecule has 12 heteroatoms. The lowest BCUT2D eigenvalue weighted by Gasteiger charge is -2.72. The van der Waals surface area contributed by atoms with Crippen LogP contribution in [-0.2, 0) is 41.7 Å². The molecule has 2 unspecified atom stereocenters. The zero-order valence-corrected chi connectivity index (χ0v) is 30.9. The average molecular weight is 698 g/mol. The van der Waals surface area contributed by atoms with Crippen molar-refractivity contribution < 1.29 is 43.6 Å². The van der Waals surface area contributed by atoms with E-state index in [0.717, 1.165) is 32.1 Å². The van der Waals surface area contributed by atoms with Gasteiger partial charge in [0.25, 0.3) is 0 Å². The summed E-state index contributed by atoms with van der Waals surface area (Å²) in [6.07, 6.45) is 8.89. The third-order valence-electron chi connectivity index (χ3n) is 15.3. The number of nitrogens with zero attached hydrogens (tertiary/aromatic N) is 3. The van der Waals surface area contributed by atoms with Gasteiger partial charge >= 0.3 is 24.1 Å². The van der Waals surface area contributed by atoms with Gasteiger partial charge in [0.1, 0.15) is 18.8 Å². The molecule has 5 aliphatic rings. The van der Waals surface area contributed by atoms with E-state index in [1.165, 1.54) is 23.4 Å². The second-order valence-electron chi connectivity index (χ2n) is 17.6. The fourth-order valence-electron chi connectivity index (χ4n) is 12.2. The van der Waals surface area contributed by atoms with Gasteiger partial charge in [0, 0.05) is 18.8 Å². The lowest BCUT2D eigenvalue weighted by Crippen LogP contribution is -2.68. The minimum absolute atomic E-state index is 0.0473. The van der Waals surface area contributed by atoms with Crippen LogP contribution in [-0.4, -0.2) is 55.1 Å². The Kier molecular flexibility index (Phi) is 8.88. The van der Waals surface area contributed by atoms with E-state index in [1.807, 2.05) is 13.8 Å². The Balaban J connectivity index is 1.26. The normalized spacial score (nSPS) is 41.6. The number of carbonyl (C=O) groups is 4. The predicted molar refractivity (Wildman–Crippen MR) is 180 cm³/mol. The standard InChI is InChI=1S/C38H55N3O9/c1-22-11-14-37(31(44)49-32(45)46)17-16-35(7)26(30(37)23(22)2)9-10-28-34(6)15-18-38(47,33(4,5)27(34)12-13-36(28,35)8)50-29(43)20-41-19-25(39-40-41)21-48-24(3)42/h9,19,22-23,27-28,30,47H,10-18,20-21H2,1-8H3,(H,45,46)/t22-,23+,27?,28-,30+,34+,35-,36-,37+,38?/m1/s1. The molecule has 6 rings (SSSR count). The number of fused-ring (bicyclic) bond motifs is 7. The maximum absolute atomic E-state index is 13.6. The van der Waals surface area contributed by atoms with Gasteiger partial charge in [0.05, 0.1) is 11.6 Å². The maximum atomic E-state index is 13.6. The summed E-state index contributed by atoms with van der Waals surface area (Å²) in [5.74, 6) is -2.42. The van der Waals surface area contributed by atoms with E-state index in [4.69, 9.17) is 14.2 Å². The second-order valence-corrected chi connectivity index (χ2v) is 17.6. The largest absolute Gasteiger partial charge is 0.513 e. The van der Waals surface area contributed by atoms with E-state index in [1.54, 1.807) is 0 Å². The van der Waals surface area contributed by atoms with Gasteiger partial charge in [0.2, 0.25) is 5.79 Å². The molecular formula is C38H55N3O9. The number of hydrogen-bond acceptors (Lipinski definition) is 10. The lowest BCUT2D eigenvalue weighted by atomic mass is 9.33. The van der Waals surface area contributed by atoms with Crippen molar-refractivity contribution in [3.05, 3.63) is 23.5 Å². The van der Waals surface area contributed by atoms with Crippen LogP contribution >= 0.6 is 0 Å². The molecule has 12 nitrogen and oxygen atoms in total. The first-order valence-corrected chi connectivity index (χ1v) is 18.4. The fourth-order valence-corrected chi connectivity index (χ4v) is 12.2. The molecule has 5 aliphatic carbocycles. The molecular weight excluding hydrogens is 642 g/mol. The van der Waals surface area contributed by atoms with Crippen molar-refractivity contribution in [3.8, 4) is 0 Å². The first-order valence-electron chi connectivity index (χ1n) is 18.4. The Morgan fingerprint density at radius 1 is 0.960 bits per heavy atom. The van der Waals surface area contributed by atoms with Crippen molar-refractivity contribution in [3.63, 3.8) is 0 Å². The van der Waals surface area contributed by atoms with Gasteiger partial charge in [-0.1, -0.05) is 65.3 Å². The highest BCUT2D eigenvalue weighted by Crippen LogP contribution is 2.76. The molecule has 0 aliphatic heterocycles. The highest BCUT2D eigenvalue weighted by atomic mass is 16.7. The number of ether oxygens (including phenoxy) is 3. The van der Waals surface area contributed by atoms with Crippen LogP contribution in [0.4, 0.5) is 4.79 Å². The predicted octanol–water partition coefficient (Wildman–Crippen LogP) is 6.45. The maximum Gasteiger partial charge on any atom is 0.513 e. The van der Waals surface area contributed by atoms with Crippen LogP contribution in [0.3, 0.4) is 0 Å². The van der Waals surface area contributed by atoms with Crippen molar-refractivity contribution >= 4 is 24.1 Å². The molecule has 0 saturated heterocycles. The number of carboxylic acid groups (broad SMARTS) is 1. The average Bonchev–Trinajstić information content (AvgIpc) is 3.47. The molecule has 0 bridgehead atoms. The van der Waals surface area contributed by atoms with Crippen LogP contribution in [0, 0.1) is 56.7 Å². The first-order chi connectivity index (χ1) is 23.2. The lowest BCUT2D eigenvalue weighted by molar-refractivity contribution is -0.318. The van der Waals surface area contributed by atoms with Gasteiger partial charge in [-0.2, -0.15) is 0 Å². The van der Waals surface area contributed by atoms with Crippen molar-refractivity contribution in [2.75, 3.05) is 0 Å². The summed E-state index contributed by atoms with van der Waals surface area (Å²) in [4.78, 5) is 49.6. The molecule has 4 saturated carbocycles. The minimum atomic E-state index is -1.68. The Labute approximate surface area is 294 Å². The van der Waals surface area contributed by atoms with Crippen LogP contribution in [0.5, 0.6) is 0 Å². The number of carbonyl (C=O) groups excluding carboxylic acids is 3. The number of esters is 3. The molecule has 0 amide bonds. The summed E-state index contributed by atoms with van der Waals surface area (Å²) in [5, 5.41) is 29.5. The Morgan fingerprint density at radius 3 is 2.36 bits per heavy atom. The summed E-state index contributed by atoms with van der Waals surface area (Å²) in [5.41, 5.74) is -0.298. The SMILES string of the molecule is CC(=O)OCc1cn(CC(=O)OC2(O)CC[C@@]3(C)C(CC[C@]4(C)[C@@H]3CC=C3[C@@H]5[C@@H](C)[C@H](C)CC[C@]5(C(=O)OC(=O)O)CC[C@]34C)C2(C)C)nn1. The summed E-state index contributed by atoms with van der Waals surface area (Å²) in [7, 11) is 0. The Bertz CT molecular complexity index is 1600. The molecule has 1 aromatic rings. The number of rotatable bonds is 6. The molecule has 2 N–H and O–H groups in total. The minimum Gasteiger partial charge on any atom is -0.459 e. The first kappa shape index (κ1) is 36.5. The third kappa shape index (κ3) is 5.32. The van der Waals surface area contributed by atoms with Crippen LogP contribution < -0.4 is 0 Å². The van der Waals surface area contributed by atoms with Crippen molar-refractivity contribution in [2.45, 2.75) is 132 Å². The van der Waals surface area contributed by atoms with Gasteiger partial charge in [-0.3, -0.25) is 9.59 Å². The van der Waals surface area contributed by atoms with Gasteiger partial charge in [-0.25, -0.2) is 14.3 Å². The zero-order chi connectivity index (χ0) is 36.7. The Morgan fingerprint density at radius 2 is 1.68 bits per heavy atom. The molecule has 1 aromatic heterocycles. The van der Waals surface area contributed by atoms with E-state index >= 15 is 0 Å². The third-order valence-corrected chi connectivity index (χ3v) is 15.3. The molecule has 50 heavy (non-hydrogen) atoms. The summed E-state index contributed by atoms with van der Waals surface area (Å²) >= 11 is 0. The summed E-state index contributed by atoms with van der Waals surface area (Å²) < 4.78 is 17.2. The van der Waals surface area contributed by atoms with Gasteiger partial charge in [-0.05, 0) is 97.2 Å². The number of aliphatic hydroxyl groups is 1. The smallest absolute Gasteiger partial charge is 0.459 e. The molecule has 0 spiro atoms. The number of aromatic nitrogens is 3. The zero-order valence-electron chi connectivity index (χ0n) is 30.9. The van der Waals surface area contributed by atoms with Crippen LogP contribution in [0.1, 0.15) is 119 Å². The highest BCUT2D eigenvalue weighted by Gasteiger charge is 2.71. The summed E-state index contributed by atoms with van der Waals surface area (Å²) in [6, 6.07) is 0. The number of allylic oxidation sites excluding steroid dienone is 2. The second kappa shape index (κ2) is 12.2. The number of hydrogen-bond donors (Lipinski definition) is 2. The van der Waals surface area contributed by atoms with E-state index in [2.05, 4.69) is 51.0 Å². The van der Waals surface area contributed by atoms with Crippen LogP contribution in [0.25, 0.3) is 0 Å². The van der Waals surface area contributed by atoms with Gasteiger partial charge in [-0.15, -0.1) is 5.10 Å². The monoisotopic (exact) mass is 697 g/mol. The van der Waals surface area contributed by atoms with E-state index < -0.39 is 40.7 Å². The molecule has 4 fully saturated rings. The molecule has 276 valence electrons. The molecule has 0 aromatic carbocycles. The van der Waals surface area contributed by atoms with E-state index in [-0.39, 0.29) is 47.2 Å². The van der Waals surface area contributed by atoms with E-state index in [0.29, 0.717) is 43.2 Å². The van der Waals surface area contributed by atoms with E-state index in [9.17, 15) is 29.4 Å². The molecule has 0 radical (unpaired) electrons. The van der Waals surface area contributed by atoms with Crippen LogP contribution in [0.15, 0.2) is 17.8 Å². The quantitative estimate of drug-likeness (QED) is 0.110. The fraction of sp³-hybridized carbons (Fsp3) is 0.789.